The molecule has 0 saturated heterocycles. The van der Waals surface area contributed by atoms with Crippen molar-refractivity contribution in [3.63, 3.8) is 0 Å². The van der Waals surface area contributed by atoms with Gasteiger partial charge in [0.05, 0.1) is 0 Å². The van der Waals surface area contributed by atoms with Crippen LogP contribution in [0, 0.1) is 5.82 Å². The summed E-state index contributed by atoms with van der Waals surface area (Å²) in [5.41, 5.74) is 1.89. The Morgan fingerprint density at radius 2 is 2.07 bits per heavy atom. The number of benzene rings is 1. The Kier molecular flexibility index (Phi) is 2.35. The van der Waals surface area contributed by atoms with Gasteiger partial charge in [0, 0.05) is 21.1 Å². The molecule has 0 aliphatic carbocycles. The number of H-pyrrole nitrogens is 1. The maximum Gasteiger partial charge on any atom is 0.133 e. The van der Waals surface area contributed by atoms with Gasteiger partial charge in [-0.25, -0.2) is 4.39 Å². The van der Waals surface area contributed by atoms with Gasteiger partial charge in [0.15, 0.2) is 0 Å². The first kappa shape index (κ1) is 9.71. The van der Waals surface area contributed by atoms with E-state index in [-0.39, 0.29) is 5.82 Å². The maximum atomic E-state index is 13.5. The molecule has 0 atom stereocenters. The fourth-order valence-corrected chi connectivity index (χ4v) is 2.54. The molecule has 1 nitrogen and oxygen atoms in total. The summed E-state index contributed by atoms with van der Waals surface area (Å²) in [6.45, 7) is 4.15. The summed E-state index contributed by atoms with van der Waals surface area (Å²) in [4.78, 5) is 3.22. The third-order valence-corrected chi connectivity index (χ3v) is 3.14. The average Bonchev–Trinajstić information content (AvgIpc) is 2.45. The Bertz CT molecular complexity index is 473. The molecule has 0 saturated carbocycles. The first-order valence-electron chi connectivity index (χ1n) is 4.57. The molecule has 0 amide bonds. The average molecular weight is 256 g/mol. The van der Waals surface area contributed by atoms with Crippen molar-refractivity contribution >= 4 is 26.8 Å². The van der Waals surface area contributed by atoms with Crippen LogP contribution < -0.4 is 0 Å². The van der Waals surface area contributed by atoms with Gasteiger partial charge in [-0.3, -0.25) is 0 Å². The van der Waals surface area contributed by atoms with E-state index in [1.807, 2.05) is 6.07 Å². The van der Waals surface area contributed by atoms with E-state index in [9.17, 15) is 4.39 Å². The van der Waals surface area contributed by atoms with Crippen LogP contribution >= 0.6 is 15.9 Å². The van der Waals surface area contributed by atoms with Crippen LogP contribution in [0.3, 0.4) is 0 Å². The third kappa shape index (κ3) is 1.36. The second kappa shape index (κ2) is 3.39. The lowest BCUT2D eigenvalue weighted by Crippen LogP contribution is -1.86. The highest BCUT2D eigenvalue weighted by Gasteiger charge is 2.14. The van der Waals surface area contributed by atoms with Gasteiger partial charge >= 0.3 is 0 Å². The van der Waals surface area contributed by atoms with E-state index in [4.69, 9.17) is 0 Å². The first-order chi connectivity index (χ1) is 6.61. The van der Waals surface area contributed by atoms with Crippen LogP contribution in [0.2, 0.25) is 0 Å². The van der Waals surface area contributed by atoms with Gasteiger partial charge in [-0.2, -0.15) is 0 Å². The van der Waals surface area contributed by atoms with E-state index in [2.05, 4.69) is 34.8 Å². The van der Waals surface area contributed by atoms with Crippen molar-refractivity contribution in [2.45, 2.75) is 19.8 Å². The largest absolute Gasteiger partial charge is 0.357 e. The van der Waals surface area contributed by atoms with Gasteiger partial charge in [-0.05, 0) is 34.0 Å². The quantitative estimate of drug-likeness (QED) is 0.787. The van der Waals surface area contributed by atoms with Crippen molar-refractivity contribution in [1.82, 2.24) is 4.98 Å². The minimum atomic E-state index is -0.183. The molecule has 1 aromatic heterocycles. The van der Waals surface area contributed by atoms with Crippen molar-refractivity contribution in [1.29, 1.82) is 0 Å². The molecular formula is C11H11BrFN. The highest BCUT2D eigenvalue weighted by Crippen LogP contribution is 2.33. The van der Waals surface area contributed by atoms with Gasteiger partial charge in [-0.15, -0.1) is 0 Å². The molecule has 1 aromatic carbocycles. The Morgan fingerprint density at radius 3 is 2.64 bits per heavy atom. The lowest BCUT2D eigenvalue weighted by atomic mass is 10.1. The van der Waals surface area contributed by atoms with Crippen molar-refractivity contribution in [2.24, 2.45) is 0 Å². The topological polar surface area (TPSA) is 15.8 Å². The summed E-state index contributed by atoms with van der Waals surface area (Å²) < 4.78 is 14.3. The Morgan fingerprint density at radius 1 is 1.36 bits per heavy atom. The molecule has 0 spiro atoms. The number of aromatic nitrogens is 1. The van der Waals surface area contributed by atoms with E-state index < -0.39 is 0 Å². The number of fused-ring (bicyclic) bond motifs is 1. The van der Waals surface area contributed by atoms with Gasteiger partial charge in [-0.1, -0.05) is 19.9 Å². The van der Waals surface area contributed by atoms with Crippen molar-refractivity contribution in [3.05, 3.63) is 34.2 Å². The summed E-state index contributed by atoms with van der Waals surface area (Å²) in [5, 5.41) is 0.649. The maximum absolute atomic E-state index is 13.5. The minimum Gasteiger partial charge on any atom is -0.357 e. The zero-order chi connectivity index (χ0) is 10.3. The molecule has 0 aliphatic rings. The van der Waals surface area contributed by atoms with Crippen molar-refractivity contribution in [2.75, 3.05) is 0 Å². The number of hydrogen-bond acceptors (Lipinski definition) is 0. The van der Waals surface area contributed by atoms with Gasteiger partial charge in [0.1, 0.15) is 5.82 Å². The summed E-state index contributed by atoms with van der Waals surface area (Å²) in [7, 11) is 0. The van der Waals surface area contributed by atoms with Crippen LogP contribution in [0.15, 0.2) is 22.7 Å². The molecule has 1 N–H and O–H groups in total. The summed E-state index contributed by atoms with van der Waals surface area (Å²) in [6.07, 6.45) is 0. The summed E-state index contributed by atoms with van der Waals surface area (Å²) in [6, 6.07) is 5.07. The number of nitrogens with one attached hydrogen (secondary N) is 1. The number of aromatic amines is 1. The fraction of sp³-hybridized carbons (Fsp3) is 0.273. The van der Waals surface area contributed by atoms with Gasteiger partial charge in [0.2, 0.25) is 0 Å². The minimum absolute atomic E-state index is 0.183. The summed E-state index contributed by atoms with van der Waals surface area (Å²) in [5.74, 6) is 0.175. The normalized spacial score (nSPS) is 11.5. The standard InChI is InChI=1S/C11H11BrFN/c1-6(2)11-10(12)9-7(13)4-3-5-8(9)14-11/h3-6,14H,1-2H3. The molecular weight excluding hydrogens is 245 g/mol. The number of hydrogen-bond donors (Lipinski definition) is 1. The number of rotatable bonds is 1. The molecule has 0 aliphatic heterocycles. The Labute approximate surface area is 90.5 Å². The van der Waals surface area contributed by atoms with E-state index >= 15 is 0 Å². The van der Waals surface area contributed by atoms with Crippen molar-refractivity contribution < 1.29 is 4.39 Å². The lowest BCUT2D eigenvalue weighted by Gasteiger charge is -2.01. The zero-order valence-electron chi connectivity index (χ0n) is 8.07. The van der Waals surface area contributed by atoms with E-state index in [0.29, 0.717) is 11.3 Å². The monoisotopic (exact) mass is 255 g/mol. The molecule has 14 heavy (non-hydrogen) atoms. The van der Waals surface area contributed by atoms with Gasteiger partial charge in [0.25, 0.3) is 0 Å². The van der Waals surface area contributed by atoms with Crippen LogP contribution in [0.1, 0.15) is 25.5 Å². The zero-order valence-corrected chi connectivity index (χ0v) is 9.65. The predicted octanol–water partition coefficient (Wildman–Crippen LogP) is 4.19. The Hall–Kier alpha value is -0.830. The number of halogens is 2. The third-order valence-electron chi connectivity index (χ3n) is 2.32. The lowest BCUT2D eigenvalue weighted by molar-refractivity contribution is 0.639. The fourth-order valence-electron chi connectivity index (χ4n) is 1.58. The van der Waals surface area contributed by atoms with Crippen LogP contribution in [0.5, 0.6) is 0 Å². The molecule has 2 aromatic rings. The predicted molar refractivity (Wildman–Crippen MR) is 60.0 cm³/mol. The molecule has 2 rings (SSSR count). The van der Waals surface area contributed by atoms with Crippen LogP contribution in [-0.4, -0.2) is 4.98 Å². The van der Waals surface area contributed by atoms with Gasteiger partial charge < -0.3 is 4.98 Å². The van der Waals surface area contributed by atoms with E-state index in [1.165, 1.54) is 6.07 Å². The molecule has 0 unspecified atom stereocenters. The van der Waals surface area contributed by atoms with Crippen LogP contribution in [0.4, 0.5) is 4.39 Å². The Balaban J connectivity index is 2.81. The van der Waals surface area contributed by atoms with Crippen LogP contribution in [-0.2, 0) is 0 Å². The molecule has 74 valence electrons. The SMILES string of the molecule is CC(C)c1[nH]c2cccc(F)c2c1Br. The molecule has 0 radical (unpaired) electrons. The molecule has 1 heterocycles. The molecule has 0 bridgehead atoms. The highest BCUT2D eigenvalue weighted by molar-refractivity contribution is 9.10. The molecule has 3 heteroatoms. The highest BCUT2D eigenvalue weighted by atomic mass is 79.9. The smallest absolute Gasteiger partial charge is 0.133 e. The van der Waals surface area contributed by atoms with E-state index in [0.717, 1.165) is 15.7 Å². The second-order valence-corrected chi connectivity index (χ2v) is 4.46. The second-order valence-electron chi connectivity index (χ2n) is 3.67. The first-order valence-corrected chi connectivity index (χ1v) is 5.36. The molecule has 0 fully saturated rings. The van der Waals surface area contributed by atoms with Crippen molar-refractivity contribution in [3.8, 4) is 0 Å². The van der Waals surface area contributed by atoms with Crippen LogP contribution in [0.25, 0.3) is 10.9 Å². The summed E-state index contributed by atoms with van der Waals surface area (Å²) >= 11 is 3.43. The van der Waals surface area contributed by atoms with E-state index in [1.54, 1.807) is 6.07 Å².